The molecule has 1 aromatic heterocycles. The lowest BCUT2D eigenvalue weighted by molar-refractivity contribution is 0.124. The van der Waals surface area contributed by atoms with Gasteiger partial charge in [-0.05, 0) is 36.8 Å². The van der Waals surface area contributed by atoms with Gasteiger partial charge >= 0.3 is 6.09 Å². The fourth-order valence-corrected chi connectivity index (χ4v) is 3.52. The van der Waals surface area contributed by atoms with E-state index in [1.54, 1.807) is 11.3 Å². The quantitative estimate of drug-likeness (QED) is 0.846. The summed E-state index contributed by atoms with van der Waals surface area (Å²) in [5, 5.41) is 8.62. The van der Waals surface area contributed by atoms with Gasteiger partial charge in [0.05, 0.1) is 0 Å². The van der Waals surface area contributed by atoms with Crippen LogP contribution in [0.25, 0.3) is 0 Å². The minimum Gasteiger partial charge on any atom is -0.445 e. The summed E-state index contributed by atoms with van der Waals surface area (Å²) in [7, 11) is 0. The van der Waals surface area contributed by atoms with E-state index in [4.69, 9.17) is 4.74 Å². The summed E-state index contributed by atoms with van der Waals surface area (Å²) < 4.78 is 5.24. The number of rotatable bonds is 6. The third kappa shape index (κ3) is 4.56. The van der Waals surface area contributed by atoms with Crippen molar-refractivity contribution in [2.75, 3.05) is 0 Å². The second-order valence-corrected chi connectivity index (χ2v) is 6.95. The van der Waals surface area contributed by atoms with Gasteiger partial charge in [-0.15, -0.1) is 11.3 Å². The molecule has 0 spiro atoms. The molecular weight excluding hydrogens is 308 g/mol. The molecule has 0 aliphatic heterocycles. The Kier molecular flexibility index (Phi) is 5.31. The molecule has 4 nitrogen and oxygen atoms in total. The van der Waals surface area contributed by atoms with Crippen LogP contribution in [0.4, 0.5) is 4.79 Å². The molecule has 1 fully saturated rings. The Morgan fingerprint density at radius 3 is 2.70 bits per heavy atom. The number of benzene rings is 1. The van der Waals surface area contributed by atoms with Crippen LogP contribution in [0, 0.1) is 0 Å². The second kappa shape index (κ2) is 7.62. The first-order chi connectivity index (χ1) is 11.2. The molecule has 0 bridgehead atoms. The predicted molar refractivity (Wildman–Crippen MR) is 92.4 cm³/mol. The first-order valence-corrected chi connectivity index (χ1v) is 8.85. The van der Waals surface area contributed by atoms with Crippen LogP contribution < -0.4 is 10.6 Å². The van der Waals surface area contributed by atoms with Crippen LogP contribution in [0.5, 0.6) is 0 Å². The van der Waals surface area contributed by atoms with E-state index in [0.717, 1.165) is 18.4 Å². The molecular formula is C18H22N2O2S. The van der Waals surface area contributed by atoms with E-state index in [1.807, 2.05) is 30.3 Å². The number of nitrogens with one attached hydrogen (secondary N) is 2. The largest absolute Gasteiger partial charge is 0.445 e. The Balaban J connectivity index is 1.33. The number of ether oxygens (including phenoxy) is 1. The second-order valence-electron chi connectivity index (χ2n) is 5.98. The lowest BCUT2D eigenvalue weighted by Gasteiger charge is -2.37. The van der Waals surface area contributed by atoms with Crippen molar-refractivity contribution >= 4 is 17.4 Å². The molecule has 1 aliphatic rings. The maximum absolute atomic E-state index is 11.8. The fraction of sp³-hybridized carbons (Fsp3) is 0.389. The summed E-state index contributed by atoms with van der Waals surface area (Å²) in [6.45, 7) is 2.50. The van der Waals surface area contributed by atoms with Crippen molar-refractivity contribution in [3.63, 3.8) is 0 Å². The zero-order valence-corrected chi connectivity index (χ0v) is 14.0. The van der Waals surface area contributed by atoms with E-state index < -0.39 is 0 Å². The van der Waals surface area contributed by atoms with Crippen LogP contribution in [-0.2, 0) is 11.3 Å². The normalized spacial score (nSPS) is 21.3. The number of alkyl carbamates (subject to hydrolysis) is 1. The highest BCUT2D eigenvalue weighted by Gasteiger charge is 2.31. The van der Waals surface area contributed by atoms with Gasteiger partial charge in [-0.1, -0.05) is 36.4 Å². The van der Waals surface area contributed by atoms with Gasteiger partial charge in [-0.3, -0.25) is 0 Å². The van der Waals surface area contributed by atoms with Gasteiger partial charge in [0.15, 0.2) is 0 Å². The number of carbonyl (C=O) groups is 1. The molecule has 1 aliphatic carbocycles. The molecule has 23 heavy (non-hydrogen) atoms. The smallest absolute Gasteiger partial charge is 0.407 e. The summed E-state index contributed by atoms with van der Waals surface area (Å²) in [5.74, 6) is 0. The van der Waals surface area contributed by atoms with E-state index in [2.05, 4.69) is 35.1 Å². The predicted octanol–water partition coefficient (Wildman–Crippen LogP) is 3.86. The minimum atomic E-state index is -0.330. The van der Waals surface area contributed by atoms with Gasteiger partial charge < -0.3 is 15.4 Å². The lowest BCUT2D eigenvalue weighted by Crippen LogP contribution is -2.52. The first kappa shape index (κ1) is 16.0. The van der Waals surface area contributed by atoms with Crippen molar-refractivity contribution in [3.8, 4) is 0 Å². The van der Waals surface area contributed by atoms with Gasteiger partial charge in [0.25, 0.3) is 0 Å². The Morgan fingerprint density at radius 2 is 2.00 bits per heavy atom. The lowest BCUT2D eigenvalue weighted by atomic mass is 9.86. The van der Waals surface area contributed by atoms with Gasteiger partial charge in [0.1, 0.15) is 6.61 Å². The van der Waals surface area contributed by atoms with Crippen molar-refractivity contribution in [1.29, 1.82) is 0 Å². The highest BCUT2D eigenvalue weighted by Crippen LogP contribution is 2.25. The molecule has 122 valence electrons. The average Bonchev–Trinajstić information content (AvgIpc) is 3.06. The van der Waals surface area contributed by atoms with E-state index in [1.165, 1.54) is 4.88 Å². The average molecular weight is 330 g/mol. The first-order valence-electron chi connectivity index (χ1n) is 7.97. The molecule has 1 aromatic carbocycles. The van der Waals surface area contributed by atoms with Crippen molar-refractivity contribution in [1.82, 2.24) is 10.6 Å². The minimum absolute atomic E-state index is 0.214. The Hall–Kier alpha value is -1.85. The number of hydrogen-bond donors (Lipinski definition) is 2. The number of hydrogen-bond acceptors (Lipinski definition) is 4. The third-order valence-corrected chi connectivity index (χ3v) is 5.18. The molecule has 3 rings (SSSR count). The number of amides is 1. The fourth-order valence-electron chi connectivity index (χ4n) is 2.78. The number of carbonyl (C=O) groups excluding carboxylic acids is 1. The molecule has 2 N–H and O–H groups in total. The maximum atomic E-state index is 11.8. The van der Waals surface area contributed by atoms with Crippen molar-refractivity contribution in [3.05, 3.63) is 58.3 Å². The van der Waals surface area contributed by atoms with Crippen molar-refractivity contribution in [2.24, 2.45) is 0 Å². The summed E-state index contributed by atoms with van der Waals surface area (Å²) in [5.41, 5.74) is 1.00. The molecule has 1 atom stereocenters. The third-order valence-electron chi connectivity index (χ3n) is 4.13. The molecule has 0 radical (unpaired) electrons. The summed E-state index contributed by atoms with van der Waals surface area (Å²) >= 11 is 1.77. The van der Waals surface area contributed by atoms with Crippen LogP contribution in [0.2, 0.25) is 0 Å². The van der Waals surface area contributed by atoms with Crippen LogP contribution in [0.1, 0.15) is 36.2 Å². The van der Waals surface area contributed by atoms with Gasteiger partial charge in [-0.25, -0.2) is 4.79 Å². The molecule has 0 saturated heterocycles. The van der Waals surface area contributed by atoms with Crippen LogP contribution in [0.3, 0.4) is 0 Å². The molecule has 5 heteroatoms. The van der Waals surface area contributed by atoms with E-state index in [-0.39, 0.29) is 12.1 Å². The monoisotopic (exact) mass is 330 g/mol. The van der Waals surface area contributed by atoms with Crippen molar-refractivity contribution < 1.29 is 9.53 Å². The Bertz CT molecular complexity index is 609. The topological polar surface area (TPSA) is 50.4 Å². The SMILES string of the molecule is C[C@H](NC1CC(NC(=O)OCc2ccccc2)C1)c1cccs1. The summed E-state index contributed by atoms with van der Waals surface area (Å²) in [4.78, 5) is 13.1. The van der Waals surface area contributed by atoms with Gasteiger partial charge in [-0.2, -0.15) is 0 Å². The highest BCUT2D eigenvalue weighted by atomic mass is 32.1. The van der Waals surface area contributed by atoms with E-state index in [0.29, 0.717) is 18.7 Å². The zero-order valence-electron chi connectivity index (χ0n) is 13.2. The molecule has 0 unspecified atom stereocenters. The Morgan fingerprint density at radius 1 is 1.22 bits per heavy atom. The molecule has 2 aromatic rings. The molecule has 1 saturated carbocycles. The maximum Gasteiger partial charge on any atom is 0.407 e. The molecule has 1 amide bonds. The van der Waals surface area contributed by atoms with Crippen LogP contribution >= 0.6 is 11.3 Å². The standard InChI is InChI=1S/C18H22N2O2S/c1-13(17-8-5-9-23-17)19-15-10-16(11-15)20-18(21)22-12-14-6-3-2-4-7-14/h2-9,13,15-16,19H,10-12H2,1H3,(H,20,21)/t13-,15?,16?/m0/s1. The van der Waals surface area contributed by atoms with Crippen LogP contribution in [0.15, 0.2) is 47.8 Å². The van der Waals surface area contributed by atoms with Crippen LogP contribution in [-0.4, -0.2) is 18.2 Å². The Labute approximate surface area is 140 Å². The van der Waals surface area contributed by atoms with Gasteiger partial charge in [0, 0.05) is 23.0 Å². The summed E-state index contributed by atoms with van der Waals surface area (Å²) in [6, 6.07) is 15.0. The summed E-state index contributed by atoms with van der Waals surface area (Å²) in [6.07, 6.45) is 1.58. The van der Waals surface area contributed by atoms with E-state index in [9.17, 15) is 4.79 Å². The van der Waals surface area contributed by atoms with Crippen molar-refractivity contribution in [2.45, 2.75) is 44.5 Å². The van der Waals surface area contributed by atoms with Gasteiger partial charge in [0.2, 0.25) is 0 Å². The highest BCUT2D eigenvalue weighted by molar-refractivity contribution is 7.10. The number of thiophene rings is 1. The molecule has 1 heterocycles. The van der Waals surface area contributed by atoms with E-state index >= 15 is 0 Å². The zero-order chi connectivity index (χ0) is 16.1.